The van der Waals surface area contributed by atoms with Gasteiger partial charge in [0.25, 0.3) is 0 Å². The van der Waals surface area contributed by atoms with E-state index in [0.29, 0.717) is 0 Å². The van der Waals surface area contributed by atoms with Crippen molar-refractivity contribution >= 4 is 5.52 Å². The van der Waals surface area contributed by atoms with Crippen LogP contribution in [0.1, 0.15) is 0 Å². The van der Waals surface area contributed by atoms with Crippen LogP contribution in [0.5, 0.6) is 11.6 Å². The molecular weight excluding hydrogens is 168 g/mol. The van der Waals surface area contributed by atoms with E-state index in [-0.39, 0.29) is 0 Å². The number of hydrogen-bond donors (Lipinski definition) is 0. The van der Waals surface area contributed by atoms with Gasteiger partial charge in [-0.25, -0.2) is 4.98 Å². The van der Waals surface area contributed by atoms with Crippen molar-refractivity contribution in [3.05, 3.63) is 24.7 Å². The third kappa shape index (κ3) is 1.11. The van der Waals surface area contributed by atoms with Crippen molar-refractivity contribution in [1.29, 1.82) is 0 Å². The van der Waals surface area contributed by atoms with E-state index in [4.69, 9.17) is 9.47 Å². The molecule has 4 heteroatoms. The summed E-state index contributed by atoms with van der Waals surface area (Å²) in [5.41, 5.74) is 0.904. The molecule has 2 heterocycles. The molecular formula is C9H10N2O2. The molecule has 0 amide bonds. The molecule has 0 aliphatic heterocycles. The zero-order chi connectivity index (χ0) is 9.26. The number of methoxy groups -OCH3 is 2. The summed E-state index contributed by atoms with van der Waals surface area (Å²) in [5.74, 6) is 1.53. The molecule has 2 aromatic heterocycles. The molecule has 0 atom stereocenters. The first-order valence-electron chi connectivity index (χ1n) is 3.90. The maximum atomic E-state index is 5.17. The van der Waals surface area contributed by atoms with Crippen LogP contribution >= 0.6 is 0 Å². The monoisotopic (exact) mass is 178 g/mol. The Morgan fingerprint density at radius 1 is 1.23 bits per heavy atom. The maximum absolute atomic E-state index is 5.17. The number of ether oxygens (including phenoxy) is 2. The number of aromatic nitrogens is 2. The van der Waals surface area contributed by atoms with Gasteiger partial charge >= 0.3 is 0 Å². The van der Waals surface area contributed by atoms with Gasteiger partial charge in [-0.1, -0.05) is 0 Å². The summed E-state index contributed by atoms with van der Waals surface area (Å²) in [6.07, 6.45) is 3.43. The highest BCUT2D eigenvalue weighted by Crippen LogP contribution is 2.23. The van der Waals surface area contributed by atoms with Gasteiger partial charge in [-0.2, -0.15) is 0 Å². The van der Waals surface area contributed by atoms with Crippen LogP contribution in [0.25, 0.3) is 5.52 Å². The molecule has 2 rings (SSSR count). The Kier molecular flexibility index (Phi) is 1.81. The van der Waals surface area contributed by atoms with Crippen LogP contribution in [0.2, 0.25) is 0 Å². The minimum absolute atomic E-state index is 0.744. The SMILES string of the molecule is COc1ccc(OC)n2cncc12. The van der Waals surface area contributed by atoms with Crippen LogP contribution < -0.4 is 9.47 Å². The summed E-state index contributed by atoms with van der Waals surface area (Å²) in [4.78, 5) is 4.02. The molecule has 0 aromatic carbocycles. The molecule has 0 aliphatic rings. The molecule has 0 N–H and O–H groups in total. The van der Waals surface area contributed by atoms with Crippen molar-refractivity contribution in [2.45, 2.75) is 0 Å². The van der Waals surface area contributed by atoms with Gasteiger partial charge in [-0.15, -0.1) is 0 Å². The minimum atomic E-state index is 0.744. The molecule has 0 saturated carbocycles. The summed E-state index contributed by atoms with van der Waals surface area (Å²) in [5, 5.41) is 0. The molecule has 2 aromatic rings. The Balaban J connectivity index is 2.74. The third-order valence-corrected chi connectivity index (χ3v) is 1.93. The molecule has 0 saturated heterocycles. The van der Waals surface area contributed by atoms with E-state index < -0.39 is 0 Å². The van der Waals surface area contributed by atoms with Crippen molar-refractivity contribution in [2.75, 3.05) is 14.2 Å². The van der Waals surface area contributed by atoms with E-state index in [1.54, 1.807) is 26.7 Å². The van der Waals surface area contributed by atoms with E-state index >= 15 is 0 Å². The van der Waals surface area contributed by atoms with E-state index in [1.165, 1.54) is 0 Å². The van der Waals surface area contributed by atoms with Crippen molar-refractivity contribution < 1.29 is 9.47 Å². The van der Waals surface area contributed by atoms with Crippen LogP contribution in [0.15, 0.2) is 24.7 Å². The van der Waals surface area contributed by atoms with Crippen LogP contribution in [-0.2, 0) is 0 Å². The topological polar surface area (TPSA) is 35.8 Å². The van der Waals surface area contributed by atoms with Gasteiger partial charge in [-0.3, -0.25) is 4.40 Å². The maximum Gasteiger partial charge on any atom is 0.199 e. The molecule has 13 heavy (non-hydrogen) atoms. The molecule has 0 radical (unpaired) electrons. The summed E-state index contributed by atoms with van der Waals surface area (Å²) >= 11 is 0. The first kappa shape index (κ1) is 7.91. The Bertz CT molecular complexity index is 384. The second kappa shape index (κ2) is 2.97. The Morgan fingerprint density at radius 3 is 2.77 bits per heavy atom. The molecule has 0 fully saturated rings. The van der Waals surface area contributed by atoms with Crippen molar-refractivity contribution in [2.24, 2.45) is 0 Å². The lowest BCUT2D eigenvalue weighted by molar-refractivity contribution is 0.385. The second-order valence-electron chi connectivity index (χ2n) is 2.59. The number of rotatable bonds is 2. The highest BCUT2D eigenvalue weighted by atomic mass is 16.5. The van der Waals surface area contributed by atoms with Crippen LogP contribution in [0.3, 0.4) is 0 Å². The van der Waals surface area contributed by atoms with Gasteiger partial charge in [0.05, 0.1) is 20.4 Å². The first-order valence-corrected chi connectivity index (χ1v) is 3.90. The predicted molar refractivity (Wildman–Crippen MR) is 48.3 cm³/mol. The number of hydrogen-bond acceptors (Lipinski definition) is 3. The number of fused-ring (bicyclic) bond motifs is 1. The predicted octanol–water partition coefficient (Wildman–Crippen LogP) is 1.35. The fourth-order valence-electron chi connectivity index (χ4n) is 1.30. The summed E-state index contributed by atoms with van der Waals surface area (Å²) in [6, 6.07) is 3.70. The number of imidazole rings is 1. The Hall–Kier alpha value is -1.71. The highest BCUT2D eigenvalue weighted by Gasteiger charge is 2.05. The zero-order valence-corrected chi connectivity index (χ0v) is 7.52. The van der Waals surface area contributed by atoms with Crippen LogP contribution in [0, 0.1) is 0 Å². The average molecular weight is 178 g/mol. The summed E-state index contributed by atoms with van der Waals surface area (Å²) < 4.78 is 12.2. The Labute approximate surface area is 75.7 Å². The van der Waals surface area contributed by atoms with Crippen LogP contribution in [-0.4, -0.2) is 23.6 Å². The zero-order valence-electron chi connectivity index (χ0n) is 7.52. The largest absolute Gasteiger partial charge is 0.494 e. The van der Waals surface area contributed by atoms with Crippen molar-refractivity contribution in [1.82, 2.24) is 9.38 Å². The van der Waals surface area contributed by atoms with E-state index in [9.17, 15) is 0 Å². The van der Waals surface area contributed by atoms with E-state index in [2.05, 4.69) is 4.98 Å². The van der Waals surface area contributed by atoms with Gasteiger partial charge in [0.1, 0.15) is 17.6 Å². The van der Waals surface area contributed by atoms with Gasteiger partial charge in [0, 0.05) is 6.07 Å². The standard InChI is InChI=1S/C9H10N2O2/c1-12-8-3-4-9(13-2)11-6-10-5-7(8)11/h3-6H,1-2H3. The lowest BCUT2D eigenvalue weighted by Crippen LogP contribution is -1.94. The lowest BCUT2D eigenvalue weighted by atomic mass is 10.4. The first-order chi connectivity index (χ1) is 6.36. The molecule has 0 bridgehead atoms. The number of nitrogens with zero attached hydrogens (tertiary/aromatic N) is 2. The third-order valence-electron chi connectivity index (χ3n) is 1.93. The average Bonchev–Trinajstić information content (AvgIpc) is 2.64. The second-order valence-corrected chi connectivity index (χ2v) is 2.59. The molecule has 0 aliphatic carbocycles. The highest BCUT2D eigenvalue weighted by molar-refractivity contribution is 5.60. The molecule has 4 nitrogen and oxygen atoms in total. The molecule has 68 valence electrons. The van der Waals surface area contributed by atoms with Crippen molar-refractivity contribution in [3.8, 4) is 11.6 Å². The smallest absolute Gasteiger partial charge is 0.199 e. The van der Waals surface area contributed by atoms with E-state index in [1.807, 2.05) is 16.5 Å². The number of pyridine rings is 1. The molecule has 0 unspecified atom stereocenters. The van der Waals surface area contributed by atoms with Gasteiger partial charge in [-0.05, 0) is 6.07 Å². The van der Waals surface area contributed by atoms with Crippen molar-refractivity contribution in [3.63, 3.8) is 0 Å². The lowest BCUT2D eigenvalue weighted by Gasteiger charge is -2.06. The quantitative estimate of drug-likeness (QED) is 0.696. The Morgan fingerprint density at radius 2 is 2.08 bits per heavy atom. The van der Waals surface area contributed by atoms with Gasteiger partial charge in [0.2, 0.25) is 0 Å². The van der Waals surface area contributed by atoms with Crippen LogP contribution in [0.4, 0.5) is 0 Å². The molecule has 0 spiro atoms. The normalized spacial score (nSPS) is 10.3. The fraction of sp³-hybridized carbons (Fsp3) is 0.222. The van der Waals surface area contributed by atoms with E-state index in [0.717, 1.165) is 17.1 Å². The summed E-state index contributed by atoms with van der Waals surface area (Å²) in [6.45, 7) is 0. The van der Waals surface area contributed by atoms with Gasteiger partial charge < -0.3 is 9.47 Å². The fourth-order valence-corrected chi connectivity index (χ4v) is 1.30. The summed E-state index contributed by atoms with van der Waals surface area (Å²) in [7, 11) is 3.26. The van der Waals surface area contributed by atoms with Gasteiger partial charge in [0.15, 0.2) is 5.88 Å². The minimum Gasteiger partial charge on any atom is -0.494 e.